The monoisotopic (exact) mass is 364 g/mol. The van der Waals surface area contributed by atoms with Crippen LogP contribution in [0.3, 0.4) is 0 Å². The van der Waals surface area contributed by atoms with Crippen molar-refractivity contribution in [1.29, 1.82) is 0 Å². The molecule has 2 rings (SSSR count). The highest BCUT2D eigenvalue weighted by molar-refractivity contribution is 6.30. The Morgan fingerprint density at radius 1 is 1.36 bits per heavy atom. The van der Waals surface area contributed by atoms with Crippen LogP contribution in [0.1, 0.15) is 12.5 Å². The Labute approximate surface area is 150 Å². The summed E-state index contributed by atoms with van der Waals surface area (Å²) < 4.78 is 18.8. The maximum absolute atomic E-state index is 13.3. The first-order valence-electron chi connectivity index (χ1n) is 7.27. The summed E-state index contributed by atoms with van der Waals surface area (Å²) in [5.41, 5.74) is 1.96. The molecule has 0 aromatic heterocycles. The Morgan fingerprint density at radius 3 is 2.68 bits per heavy atom. The SMILES string of the molecule is O.[C-]#[N+]c1ccc(NC(=O)[C@H](C)COc2ccc(Cl)c(F)c2)cc1C. The van der Waals surface area contributed by atoms with Gasteiger partial charge in [-0.25, -0.2) is 9.24 Å². The molecular formula is C18H18ClFN2O3. The Hall–Kier alpha value is -2.62. The molecular weight excluding hydrogens is 347 g/mol. The molecule has 2 aromatic carbocycles. The minimum atomic E-state index is -0.568. The van der Waals surface area contributed by atoms with Crippen molar-refractivity contribution in [2.24, 2.45) is 5.92 Å². The first-order chi connectivity index (χ1) is 11.4. The van der Waals surface area contributed by atoms with E-state index in [1.807, 2.05) is 6.92 Å². The molecule has 1 atom stereocenters. The molecule has 25 heavy (non-hydrogen) atoms. The van der Waals surface area contributed by atoms with Crippen LogP contribution in [0, 0.1) is 25.2 Å². The number of carbonyl (C=O) groups excluding carboxylic acids is 1. The molecule has 0 spiro atoms. The van der Waals surface area contributed by atoms with Gasteiger partial charge in [0.05, 0.1) is 24.1 Å². The van der Waals surface area contributed by atoms with Crippen LogP contribution in [0.5, 0.6) is 5.75 Å². The summed E-state index contributed by atoms with van der Waals surface area (Å²) in [6.07, 6.45) is 0. The highest BCUT2D eigenvalue weighted by atomic mass is 35.5. The number of ether oxygens (including phenoxy) is 1. The lowest BCUT2D eigenvalue weighted by Crippen LogP contribution is -2.25. The van der Waals surface area contributed by atoms with E-state index in [4.69, 9.17) is 22.9 Å². The average Bonchev–Trinajstić information content (AvgIpc) is 2.55. The van der Waals surface area contributed by atoms with E-state index in [9.17, 15) is 9.18 Å². The topological polar surface area (TPSA) is 74.2 Å². The van der Waals surface area contributed by atoms with Crippen molar-refractivity contribution in [3.8, 4) is 5.75 Å². The van der Waals surface area contributed by atoms with Gasteiger partial charge < -0.3 is 15.5 Å². The van der Waals surface area contributed by atoms with Gasteiger partial charge in [0, 0.05) is 11.8 Å². The first kappa shape index (κ1) is 20.4. The number of rotatable bonds is 5. The molecule has 0 aliphatic heterocycles. The molecule has 0 aliphatic carbocycles. The van der Waals surface area contributed by atoms with Crippen molar-refractivity contribution in [2.45, 2.75) is 13.8 Å². The normalized spacial score (nSPS) is 11.0. The van der Waals surface area contributed by atoms with Gasteiger partial charge in [0.1, 0.15) is 11.6 Å². The maximum atomic E-state index is 13.3. The van der Waals surface area contributed by atoms with Crippen molar-refractivity contribution in [2.75, 3.05) is 11.9 Å². The van der Waals surface area contributed by atoms with Crippen LogP contribution in [0.15, 0.2) is 36.4 Å². The molecule has 0 saturated carbocycles. The molecule has 0 saturated heterocycles. The fourth-order valence-electron chi connectivity index (χ4n) is 1.99. The van der Waals surface area contributed by atoms with Gasteiger partial charge in [-0.3, -0.25) is 4.79 Å². The van der Waals surface area contributed by atoms with E-state index < -0.39 is 11.7 Å². The molecule has 5 nitrogen and oxygen atoms in total. The summed E-state index contributed by atoms with van der Waals surface area (Å²) in [6, 6.07) is 9.21. The molecule has 132 valence electrons. The number of halogens is 2. The minimum Gasteiger partial charge on any atom is -0.493 e. The molecule has 0 heterocycles. The number of anilines is 1. The van der Waals surface area contributed by atoms with Crippen molar-refractivity contribution >= 4 is 28.9 Å². The molecule has 0 fully saturated rings. The van der Waals surface area contributed by atoms with Gasteiger partial charge in [0.25, 0.3) is 0 Å². The highest BCUT2D eigenvalue weighted by Gasteiger charge is 2.15. The van der Waals surface area contributed by atoms with E-state index in [0.29, 0.717) is 17.1 Å². The number of carbonyl (C=O) groups is 1. The lowest BCUT2D eigenvalue weighted by Gasteiger charge is -2.14. The number of aryl methyl sites for hydroxylation is 1. The summed E-state index contributed by atoms with van der Waals surface area (Å²) >= 11 is 5.61. The van der Waals surface area contributed by atoms with E-state index in [2.05, 4.69) is 10.2 Å². The smallest absolute Gasteiger partial charge is 0.230 e. The third-order valence-corrected chi connectivity index (χ3v) is 3.73. The second kappa shape index (κ2) is 9.02. The standard InChI is InChI=1S/C18H16ClFN2O2.H2O/c1-11-8-13(4-7-17(11)21-3)22-18(23)12(2)10-24-14-5-6-15(19)16(20)9-14;/h4-9,12H,10H2,1-2H3,(H,22,23);1H2/t12-;/m1./s1. The number of nitrogens with one attached hydrogen (secondary N) is 1. The molecule has 0 unspecified atom stereocenters. The van der Waals surface area contributed by atoms with Crippen LogP contribution < -0.4 is 10.1 Å². The van der Waals surface area contributed by atoms with Gasteiger partial charge in [0.2, 0.25) is 5.91 Å². The van der Waals surface area contributed by atoms with E-state index in [1.54, 1.807) is 31.2 Å². The quantitative estimate of drug-likeness (QED) is 0.808. The van der Waals surface area contributed by atoms with Crippen LogP contribution >= 0.6 is 11.6 Å². The minimum absolute atomic E-state index is 0. The fraction of sp³-hybridized carbons (Fsp3) is 0.222. The van der Waals surface area contributed by atoms with Crippen LogP contribution in [0.2, 0.25) is 5.02 Å². The number of hydrogen-bond acceptors (Lipinski definition) is 2. The van der Waals surface area contributed by atoms with Crippen LogP contribution in [0.4, 0.5) is 15.8 Å². The molecule has 2 aromatic rings. The summed E-state index contributed by atoms with van der Waals surface area (Å²) in [5, 5.41) is 2.79. The lowest BCUT2D eigenvalue weighted by molar-refractivity contribution is -0.120. The zero-order chi connectivity index (χ0) is 17.7. The Bertz CT molecular complexity index is 805. The highest BCUT2D eigenvalue weighted by Crippen LogP contribution is 2.23. The maximum Gasteiger partial charge on any atom is 0.230 e. The molecule has 7 heteroatoms. The van der Waals surface area contributed by atoms with Crippen molar-refractivity contribution < 1.29 is 19.4 Å². The van der Waals surface area contributed by atoms with E-state index in [1.165, 1.54) is 12.1 Å². The number of benzene rings is 2. The van der Waals surface area contributed by atoms with E-state index >= 15 is 0 Å². The third kappa shape index (κ3) is 5.45. The van der Waals surface area contributed by atoms with Gasteiger partial charge >= 0.3 is 0 Å². The van der Waals surface area contributed by atoms with Gasteiger partial charge in [-0.1, -0.05) is 24.6 Å². The van der Waals surface area contributed by atoms with Crippen molar-refractivity contribution in [3.63, 3.8) is 0 Å². The Kier molecular flexibility index (Phi) is 7.37. The Morgan fingerprint density at radius 2 is 2.08 bits per heavy atom. The predicted octanol–water partition coefficient (Wildman–Crippen LogP) is 4.17. The van der Waals surface area contributed by atoms with E-state index in [0.717, 1.165) is 5.56 Å². The Balaban J connectivity index is 0.00000312. The van der Waals surface area contributed by atoms with Gasteiger partial charge in [-0.15, -0.1) is 0 Å². The molecule has 3 N–H and O–H groups in total. The number of nitrogens with zero attached hydrogens (tertiary/aromatic N) is 1. The largest absolute Gasteiger partial charge is 0.493 e. The van der Waals surface area contributed by atoms with E-state index in [-0.39, 0.29) is 23.0 Å². The average molecular weight is 365 g/mol. The lowest BCUT2D eigenvalue weighted by atomic mass is 10.1. The number of hydrogen-bond donors (Lipinski definition) is 1. The second-order valence-electron chi connectivity index (χ2n) is 5.39. The molecule has 0 aliphatic rings. The predicted molar refractivity (Wildman–Crippen MR) is 95.8 cm³/mol. The summed E-state index contributed by atoms with van der Waals surface area (Å²) in [6.45, 7) is 10.6. The van der Waals surface area contributed by atoms with Gasteiger partial charge in [0.15, 0.2) is 5.69 Å². The van der Waals surface area contributed by atoms with Crippen molar-refractivity contribution in [3.05, 3.63) is 64.2 Å². The first-order valence-corrected chi connectivity index (χ1v) is 7.65. The van der Waals surface area contributed by atoms with Crippen LogP contribution in [-0.4, -0.2) is 18.0 Å². The molecule has 1 amide bonds. The summed E-state index contributed by atoms with van der Waals surface area (Å²) in [7, 11) is 0. The van der Waals surface area contributed by atoms with Crippen LogP contribution in [0.25, 0.3) is 4.85 Å². The van der Waals surface area contributed by atoms with Crippen LogP contribution in [-0.2, 0) is 4.79 Å². The summed E-state index contributed by atoms with van der Waals surface area (Å²) in [4.78, 5) is 15.6. The van der Waals surface area contributed by atoms with Gasteiger partial charge in [-0.05, 0) is 36.8 Å². The third-order valence-electron chi connectivity index (χ3n) is 3.42. The zero-order valence-corrected chi connectivity index (χ0v) is 14.5. The summed E-state index contributed by atoms with van der Waals surface area (Å²) in [5.74, 6) is -0.917. The zero-order valence-electron chi connectivity index (χ0n) is 13.8. The second-order valence-corrected chi connectivity index (χ2v) is 5.80. The fourth-order valence-corrected chi connectivity index (χ4v) is 2.11. The molecule has 0 radical (unpaired) electrons. The number of amides is 1. The molecule has 0 bridgehead atoms. The van der Waals surface area contributed by atoms with Gasteiger partial charge in [-0.2, -0.15) is 0 Å². The van der Waals surface area contributed by atoms with Crippen molar-refractivity contribution in [1.82, 2.24) is 0 Å².